The van der Waals surface area contributed by atoms with Crippen LogP contribution in [0.25, 0.3) is 0 Å². The number of rotatable bonds is 7. The number of aryl methyl sites for hydroxylation is 2. The lowest BCUT2D eigenvalue weighted by molar-refractivity contribution is -0.132. The van der Waals surface area contributed by atoms with E-state index in [2.05, 4.69) is 0 Å². The third kappa shape index (κ3) is 4.61. The van der Waals surface area contributed by atoms with Crippen molar-refractivity contribution in [2.24, 2.45) is 0 Å². The number of carbonyl (C=O) groups is 2. The highest BCUT2D eigenvalue weighted by molar-refractivity contribution is 5.99. The van der Waals surface area contributed by atoms with Gasteiger partial charge in [0.25, 0.3) is 0 Å². The van der Waals surface area contributed by atoms with Crippen LogP contribution in [0.2, 0.25) is 0 Å². The highest BCUT2D eigenvalue weighted by Crippen LogP contribution is 2.39. The first kappa shape index (κ1) is 20.9. The summed E-state index contributed by atoms with van der Waals surface area (Å²) in [5.74, 6) is 1.49. The number of hydrogen-bond acceptors (Lipinski definition) is 4. The lowest BCUT2D eigenvalue weighted by Gasteiger charge is -2.26. The molecule has 0 N–H and O–H groups in total. The summed E-state index contributed by atoms with van der Waals surface area (Å²) < 4.78 is 10.8. The Kier molecular flexibility index (Phi) is 6.57. The molecule has 1 aliphatic rings. The van der Waals surface area contributed by atoms with Crippen LogP contribution in [-0.4, -0.2) is 37.4 Å². The lowest BCUT2D eigenvalue weighted by atomic mass is 9.98. The number of methoxy groups -OCH3 is 2. The van der Waals surface area contributed by atoms with Crippen LogP contribution in [0.3, 0.4) is 0 Å². The molecule has 2 aromatic rings. The normalized spacial score (nSPS) is 16.0. The van der Waals surface area contributed by atoms with Crippen LogP contribution in [0.15, 0.2) is 36.4 Å². The molecule has 0 bridgehead atoms. The second-order valence-corrected chi connectivity index (χ2v) is 7.59. The first-order valence-electron chi connectivity index (χ1n) is 10.1. The van der Waals surface area contributed by atoms with Gasteiger partial charge in [-0.15, -0.1) is 0 Å². The summed E-state index contributed by atoms with van der Waals surface area (Å²) in [5.41, 5.74) is 3.71. The number of Topliss-reactive ketones (excluding diaryl/α,β-unsaturated/α-hetero) is 1. The SMILES string of the molecule is COc1ccc(C2CCCN2C(=O)CCC(=O)c2cc(C)ccc2C)c(OC)c1. The van der Waals surface area contributed by atoms with Gasteiger partial charge >= 0.3 is 0 Å². The van der Waals surface area contributed by atoms with Crippen LogP contribution in [0.4, 0.5) is 0 Å². The van der Waals surface area contributed by atoms with Crippen molar-refractivity contribution in [3.05, 3.63) is 58.7 Å². The molecule has 1 amide bonds. The fourth-order valence-corrected chi connectivity index (χ4v) is 4.02. The summed E-state index contributed by atoms with van der Waals surface area (Å²) in [5, 5.41) is 0. The van der Waals surface area contributed by atoms with Crippen molar-refractivity contribution in [3.8, 4) is 11.5 Å². The van der Waals surface area contributed by atoms with Crippen molar-refractivity contribution in [1.82, 2.24) is 4.90 Å². The standard InChI is InChI=1S/C24H29NO4/c1-16-7-8-17(2)20(14-16)22(26)11-12-24(27)25-13-5-6-21(25)19-10-9-18(28-3)15-23(19)29-4/h7-10,14-15,21H,5-6,11-13H2,1-4H3. The summed E-state index contributed by atoms with van der Waals surface area (Å²) in [7, 11) is 3.25. The molecule has 1 atom stereocenters. The molecule has 0 radical (unpaired) electrons. The molecule has 29 heavy (non-hydrogen) atoms. The maximum Gasteiger partial charge on any atom is 0.223 e. The van der Waals surface area contributed by atoms with Crippen LogP contribution < -0.4 is 9.47 Å². The highest BCUT2D eigenvalue weighted by Gasteiger charge is 2.32. The van der Waals surface area contributed by atoms with Crippen LogP contribution in [0, 0.1) is 13.8 Å². The molecule has 1 unspecified atom stereocenters. The Hall–Kier alpha value is -2.82. The van der Waals surface area contributed by atoms with E-state index in [1.54, 1.807) is 14.2 Å². The minimum atomic E-state index is -0.0286. The molecule has 3 rings (SSSR count). The molecule has 1 fully saturated rings. The summed E-state index contributed by atoms with van der Waals surface area (Å²) in [6.45, 7) is 4.61. The number of amides is 1. The second kappa shape index (κ2) is 9.12. The lowest BCUT2D eigenvalue weighted by Crippen LogP contribution is -2.31. The first-order valence-corrected chi connectivity index (χ1v) is 10.1. The highest BCUT2D eigenvalue weighted by atomic mass is 16.5. The molecule has 1 heterocycles. The van der Waals surface area contributed by atoms with Gasteiger partial charge in [-0.2, -0.15) is 0 Å². The van der Waals surface area contributed by atoms with E-state index in [1.807, 2.05) is 55.1 Å². The second-order valence-electron chi connectivity index (χ2n) is 7.59. The number of nitrogens with zero attached hydrogens (tertiary/aromatic N) is 1. The van der Waals surface area contributed by atoms with Gasteiger partial charge in [0.15, 0.2) is 5.78 Å². The zero-order valence-electron chi connectivity index (χ0n) is 17.7. The quantitative estimate of drug-likeness (QED) is 0.641. The van der Waals surface area contributed by atoms with E-state index in [0.29, 0.717) is 12.1 Å². The molecule has 0 aromatic heterocycles. The summed E-state index contributed by atoms with van der Waals surface area (Å²) in [4.78, 5) is 27.5. The van der Waals surface area contributed by atoms with Crippen molar-refractivity contribution in [2.75, 3.05) is 20.8 Å². The molecule has 5 heteroatoms. The molecule has 0 aliphatic carbocycles. The van der Waals surface area contributed by atoms with Crippen LogP contribution in [0.1, 0.15) is 58.8 Å². The van der Waals surface area contributed by atoms with E-state index < -0.39 is 0 Å². The van der Waals surface area contributed by atoms with Gasteiger partial charge in [-0.3, -0.25) is 9.59 Å². The van der Waals surface area contributed by atoms with Crippen molar-refractivity contribution < 1.29 is 19.1 Å². The number of ketones is 1. The van der Waals surface area contributed by atoms with E-state index in [4.69, 9.17) is 9.47 Å². The fraction of sp³-hybridized carbons (Fsp3) is 0.417. The molecule has 1 aliphatic heterocycles. The Morgan fingerprint density at radius 3 is 2.55 bits per heavy atom. The Morgan fingerprint density at radius 1 is 1.03 bits per heavy atom. The van der Waals surface area contributed by atoms with E-state index in [9.17, 15) is 9.59 Å². The van der Waals surface area contributed by atoms with Gasteiger partial charge in [-0.05, 0) is 50.5 Å². The van der Waals surface area contributed by atoms with Crippen molar-refractivity contribution in [1.29, 1.82) is 0 Å². The number of hydrogen-bond donors (Lipinski definition) is 0. The van der Waals surface area contributed by atoms with E-state index in [0.717, 1.165) is 41.0 Å². The maximum atomic E-state index is 12.9. The molecule has 0 spiro atoms. The number of ether oxygens (including phenoxy) is 2. The molecular formula is C24H29NO4. The third-order valence-corrected chi connectivity index (χ3v) is 5.63. The van der Waals surface area contributed by atoms with Crippen LogP contribution in [-0.2, 0) is 4.79 Å². The smallest absolute Gasteiger partial charge is 0.223 e. The third-order valence-electron chi connectivity index (χ3n) is 5.63. The van der Waals surface area contributed by atoms with Crippen molar-refractivity contribution in [2.45, 2.75) is 45.6 Å². The Bertz CT molecular complexity index is 906. The Balaban J connectivity index is 1.70. The molecule has 0 saturated carbocycles. The van der Waals surface area contributed by atoms with E-state index in [1.165, 1.54) is 0 Å². The number of likely N-dealkylation sites (tertiary alicyclic amines) is 1. The van der Waals surface area contributed by atoms with Gasteiger partial charge in [0.05, 0.1) is 20.3 Å². The van der Waals surface area contributed by atoms with Gasteiger partial charge in [0, 0.05) is 36.6 Å². The molecule has 2 aromatic carbocycles. The number of benzene rings is 2. The zero-order valence-corrected chi connectivity index (χ0v) is 17.7. The average molecular weight is 395 g/mol. The van der Waals surface area contributed by atoms with Crippen molar-refractivity contribution >= 4 is 11.7 Å². The number of carbonyl (C=O) groups excluding carboxylic acids is 2. The summed E-state index contributed by atoms with van der Waals surface area (Å²) >= 11 is 0. The summed E-state index contributed by atoms with van der Waals surface area (Å²) in [6.07, 6.45) is 2.28. The topological polar surface area (TPSA) is 55.8 Å². The summed E-state index contributed by atoms with van der Waals surface area (Å²) in [6, 6.07) is 11.5. The minimum absolute atomic E-state index is 0.0176. The van der Waals surface area contributed by atoms with Crippen LogP contribution in [0.5, 0.6) is 11.5 Å². The predicted octanol–water partition coefficient (Wildman–Crippen LogP) is 4.65. The molecule has 5 nitrogen and oxygen atoms in total. The Labute approximate surface area is 172 Å². The van der Waals surface area contributed by atoms with E-state index >= 15 is 0 Å². The largest absolute Gasteiger partial charge is 0.497 e. The van der Waals surface area contributed by atoms with Gasteiger partial charge < -0.3 is 14.4 Å². The first-order chi connectivity index (χ1) is 13.9. The fourth-order valence-electron chi connectivity index (χ4n) is 4.02. The monoisotopic (exact) mass is 395 g/mol. The van der Waals surface area contributed by atoms with Gasteiger partial charge in [-0.25, -0.2) is 0 Å². The molecule has 1 saturated heterocycles. The average Bonchev–Trinajstić information content (AvgIpc) is 3.22. The van der Waals surface area contributed by atoms with Gasteiger partial charge in [0.2, 0.25) is 5.91 Å². The predicted molar refractivity (Wildman–Crippen MR) is 113 cm³/mol. The van der Waals surface area contributed by atoms with E-state index in [-0.39, 0.29) is 30.6 Å². The minimum Gasteiger partial charge on any atom is -0.497 e. The van der Waals surface area contributed by atoms with Crippen LogP contribution >= 0.6 is 0 Å². The van der Waals surface area contributed by atoms with Gasteiger partial charge in [0.1, 0.15) is 11.5 Å². The maximum absolute atomic E-state index is 12.9. The Morgan fingerprint density at radius 2 is 1.83 bits per heavy atom. The zero-order chi connectivity index (χ0) is 21.0. The molecular weight excluding hydrogens is 366 g/mol. The molecule has 154 valence electrons. The van der Waals surface area contributed by atoms with Gasteiger partial charge in [-0.1, -0.05) is 17.7 Å². The van der Waals surface area contributed by atoms with Crippen molar-refractivity contribution in [3.63, 3.8) is 0 Å².